The molecule has 2 amide bonds. The SMILES string of the molecule is CCOC(C)Cc1c(NC(=O)Nc2cnc(-n3nccn3)c(C(F)(F)F)c2)cnc2cccnc12. The molecule has 10 nitrogen and oxygen atoms in total. The Hall–Kier alpha value is -4.13. The summed E-state index contributed by atoms with van der Waals surface area (Å²) in [6.45, 7) is 4.28. The van der Waals surface area contributed by atoms with Crippen LogP contribution >= 0.6 is 0 Å². The van der Waals surface area contributed by atoms with Crippen molar-refractivity contribution in [2.24, 2.45) is 0 Å². The van der Waals surface area contributed by atoms with Gasteiger partial charge >= 0.3 is 12.2 Å². The molecule has 182 valence electrons. The van der Waals surface area contributed by atoms with E-state index in [1.165, 1.54) is 18.6 Å². The van der Waals surface area contributed by atoms with Crippen molar-refractivity contribution in [3.63, 3.8) is 0 Å². The molecular formula is C22H21F3N8O2. The third-order valence-electron chi connectivity index (χ3n) is 4.96. The minimum atomic E-state index is -4.75. The summed E-state index contributed by atoms with van der Waals surface area (Å²) in [7, 11) is 0. The van der Waals surface area contributed by atoms with Crippen LogP contribution in [0.4, 0.5) is 29.3 Å². The summed E-state index contributed by atoms with van der Waals surface area (Å²) in [5.41, 5.74) is 1.02. The number of amides is 2. The monoisotopic (exact) mass is 486 g/mol. The lowest BCUT2D eigenvalue weighted by Gasteiger charge is -2.17. The molecule has 0 saturated heterocycles. The van der Waals surface area contributed by atoms with Crippen molar-refractivity contribution in [1.29, 1.82) is 0 Å². The molecule has 0 aliphatic carbocycles. The number of nitrogens with zero attached hydrogens (tertiary/aromatic N) is 6. The lowest BCUT2D eigenvalue weighted by atomic mass is 10.1. The van der Waals surface area contributed by atoms with Crippen molar-refractivity contribution in [2.45, 2.75) is 32.5 Å². The van der Waals surface area contributed by atoms with Crippen LogP contribution in [0.15, 0.2) is 49.2 Å². The molecule has 1 unspecified atom stereocenters. The first-order chi connectivity index (χ1) is 16.8. The van der Waals surface area contributed by atoms with E-state index in [9.17, 15) is 18.0 Å². The summed E-state index contributed by atoms with van der Waals surface area (Å²) in [5, 5.41) is 12.4. The Morgan fingerprint density at radius 3 is 2.60 bits per heavy atom. The maximum absolute atomic E-state index is 13.6. The average Bonchev–Trinajstić information content (AvgIpc) is 3.35. The van der Waals surface area contributed by atoms with Gasteiger partial charge in [0, 0.05) is 24.8 Å². The van der Waals surface area contributed by atoms with Crippen LogP contribution < -0.4 is 10.6 Å². The fourth-order valence-electron chi connectivity index (χ4n) is 3.52. The van der Waals surface area contributed by atoms with Crippen LogP contribution in [0, 0.1) is 0 Å². The number of carbonyl (C=O) groups is 1. The molecule has 4 aromatic heterocycles. The Bertz CT molecular complexity index is 1330. The molecule has 0 saturated carbocycles. The van der Waals surface area contributed by atoms with E-state index in [-0.39, 0.29) is 11.8 Å². The average molecular weight is 486 g/mol. The largest absolute Gasteiger partial charge is 0.420 e. The van der Waals surface area contributed by atoms with Gasteiger partial charge in [0.25, 0.3) is 0 Å². The summed E-state index contributed by atoms with van der Waals surface area (Å²) in [6.07, 6.45) is 2.16. The number of carbonyl (C=O) groups excluding carboxylic acids is 1. The van der Waals surface area contributed by atoms with E-state index in [1.54, 1.807) is 18.3 Å². The molecule has 0 aliphatic rings. The summed E-state index contributed by atoms with van der Waals surface area (Å²) in [6, 6.07) is 3.54. The second-order valence-electron chi connectivity index (χ2n) is 7.48. The Balaban J connectivity index is 1.60. The van der Waals surface area contributed by atoms with E-state index in [2.05, 4.69) is 35.8 Å². The van der Waals surface area contributed by atoms with Gasteiger partial charge in [0.15, 0.2) is 5.82 Å². The quantitative estimate of drug-likeness (QED) is 0.401. The van der Waals surface area contributed by atoms with E-state index < -0.39 is 23.6 Å². The molecule has 0 aliphatic heterocycles. The number of fused-ring (bicyclic) bond motifs is 1. The minimum absolute atomic E-state index is 0.165. The summed E-state index contributed by atoms with van der Waals surface area (Å²) in [5.74, 6) is -0.509. The van der Waals surface area contributed by atoms with Gasteiger partial charge in [-0.15, -0.1) is 4.80 Å². The van der Waals surface area contributed by atoms with Gasteiger partial charge in [-0.05, 0) is 32.0 Å². The number of alkyl halides is 3. The predicted molar refractivity (Wildman–Crippen MR) is 121 cm³/mol. The number of hydrogen-bond acceptors (Lipinski definition) is 7. The highest BCUT2D eigenvalue weighted by Crippen LogP contribution is 2.34. The molecule has 4 aromatic rings. The van der Waals surface area contributed by atoms with Crippen LogP contribution in [0.3, 0.4) is 0 Å². The molecule has 0 fully saturated rings. The number of urea groups is 1. The number of pyridine rings is 3. The smallest absolute Gasteiger partial charge is 0.378 e. The van der Waals surface area contributed by atoms with Crippen LogP contribution in [0.2, 0.25) is 0 Å². The third kappa shape index (κ3) is 5.51. The Labute approximate surface area is 197 Å². The van der Waals surface area contributed by atoms with Gasteiger partial charge in [-0.3, -0.25) is 9.97 Å². The van der Waals surface area contributed by atoms with E-state index >= 15 is 0 Å². The van der Waals surface area contributed by atoms with Crippen molar-refractivity contribution in [3.05, 3.63) is 60.3 Å². The van der Waals surface area contributed by atoms with Gasteiger partial charge in [-0.2, -0.15) is 23.4 Å². The van der Waals surface area contributed by atoms with Crippen LogP contribution in [0.25, 0.3) is 16.9 Å². The highest BCUT2D eigenvalue weighted by atomic mass is 19.4. The Morgan fingerprint density at radius 1 is 1.11 bits per heavy atom. The maximum atomic E-state index is 13.6. The van der Waals surface area contributed by atoms with Crippen LogP contribution in [-0.4, -0.2) is 48.7 Å². The standard InChI is InChI=1S/C22H21F3N8O2/c1-3-35-13(2)9-15-18(12-27-17-5-4-6-26-19(15)17)32-21(34)31-14-10-16(22(23,24)25)20(28-11-14)33-29-7-8-30-33/h4-8,10-13H,3,9H2,1-2H3,(H2,31,32,34). The van der Waals surface area contributed by atoms with Gasteiger partial charge in [-0.1, -0.05) is 0 Å². The topological polar surface area (TPSA) is 120 Å². The normalized spacial score (nSPS) is 12.5. The first kappa shape index (κ1) is 24.0. The number of halogens is 3. The van der Waals surface area contributed by atoms with Gasteiger partial charge in [0.2, 0.25) is 0 Å². The van der Waals surface area contributed by atoms with Gasteiger partial charge in [-0.25, -0.2) is 9.78 Å². The highest BCUT2D eigenvalue weighted by molar-refractivity contribution is 6.01. The zero-order valence-electron chi connectivity index (χ0n) is 18.7. The third-order valence-corrected chi connectivity index (χ3v) is 4.96. The molecule has 0 radical (unpaired) electrons. The zero-order chi connectivity index (χ0) is 25.0. The molecule has 4 rings (SSSR count). The molecule has 13 heteroatoms. The molecule has 4 heterocycles. The van der Waals surface area contributed by atoms with E-state index in [4.69, 9.17) is 4.74 Å². The second-order valence-corrected chi connectivity index (χ2v) is 7.48. The first-order valence-electron chi connectivity index (χ1n) is 10.6. The zero-order valence-corrected chi connectivity index (χ0v) is 18.7. The van der Waals surface area contributed by atoms with E-state index in [0.717, 1.165) is 17.1 Å². The fraction of sp³-hybridized carbons (Fsp3) is 0.273. The van der Waals surface area contributed by atoms with Crippen LogP contribution in [0.1, 0.15) is 25.0 Å². The highest BCUT2D eigenvalue weighted by Gasteiger charge is 2.36. The van der Waals surface area contributed by atoms with E-state index in [0.29, 0.717) is 35.3 Å². The Morgan fingerprint density at radius 2 is 1.89 bits per heavy atom. The number of ether oxygens (including phenoxy) is 1. The minimum Gasteiger partial charge on any atom is -0.378 e. The van der Waals surface area contributed by atoms with Crippen molar-refractivity contribution >= 4 is 28.4 Å². The molecular weight excluding hydrogens is 465 g/mol. The fourth-order valence-corrected chi connectivity index (χ4v) is 3.52. The lowest BCUT2D eigenvalue weighted by Crippen LogP contribution is -2.23. The van der Waals surface area contributed by atoms with Crippen molar-refractivity contribution in [2.75, 3.05) is 17.2 Å². The molecule has 2 N–H and O–H groups in total. The molecule has 0 aromatic carbocycles. The summed E-state index contributed by atoms with van der Waals surface area (Å²) < 4.78 is 46.5. The molecule has 1 atom stereocenters. The first-order valence-corrected chi connectivity index (χ1v) is 10.6. The number of aromatic nitrogens is 6. The molecule has 0 bridgehead atoms. The molecule has 0 spiro atoms. The summed E-state index contributed by atoms with van der Waals surface area (Å²) >= 11 is 0. The van der Waals surface area contributed by atoms with E-state index in [1.807, 2.05) is 13.8 Å². The van der Waals surface area contributed by atoms with Crippen LogP contribution in [0.5, 0.6) is 0 Å². The number of nitrogens with one attached hydrogen (secondary N) is 2. The van der Waals surface area contributed by atoms with Gasteiger partial charge < -0.3 is 15.4 Å². The van der Waals surface area contributed by atoms with Gasteiger partial charge in [0.05, 0.1) is 53.3 Å². The predicted octanol–water partition coefficient (Wildman–Crippen LogP) is 4.24. The lowest BCUT2D eigenvalue weighted by molar-refractivity contribution is -0.137. The number of anilines is 2. The second kappa shape index (κ2) is 10.0. The van der Waals surface area contributed by atoms with Crippen molar-refractivity contribution in [1.82, 2.24) is 29.9 Å². The number of rotatable bonds is 7. The maximum Gasteiger partial charge on any atom is 0.420 e. The van der Waals surface area contributed by atoms with Crippen molar-refractivity contribution < 1.29 is 22.7 Å². The van der Waals surface area contributed by atoms with Crippen LogP contribution in [-0.2, 0) is 17.3 Å². The summed E-state index contributed by atoms with van der Waals surface area (Å²) in [4.78, 5) is 26.0. The van der Waals surface area contributed by atoms with Crippen molar-refractivity contribution in [3.8, 4) is 5.82 Å². The number of hydrogen-bond donors (Lipinski definition) is 2. The molecule has 35 heavy (non-hydrogen) atoms. The van der Waals surface area contributed by atoms with Gasteiger partial charge in [0.1, 0.15) is 5.56 Å². The Kier molecular flexibility index (Phi) is 6.87.